The summed E-state index contributed by atoms with van der Waals surface area (Å²) in [5.41, 5.74) is 15.5. The molecule has 0 bridgehead atoms. The molecular weight excluding hydrogens is 260 g/mol. The molecule has 0 saturated heterocycles. The van der Waals surface area contributed by atoms with Gasteiger partial charge >= 0.3 is 0 Å². The van der Waals surface area contributed by atoms with E-state index in [1.807, 2.05) is 4.72 Å². The van der Waals surface area contributed by atoms with E-state index in [4.69, 9.17) is 17.2 Å². The zero-order valence-corrected chi connectivity index (χ0v) is 9.98. The molecule has 7 N–H and O–H groups in total. The summed E-state index contributed by atoms with van der Waals surface area (Å²) in [4.78, 5) is 21.6. The van der Waals surface area contributed by atoms with Crippen LogP contribution in [-0.4, -0.2) is 26.3 Å². The Labute approximate surface area is 103 Å². The summed E-state index contributed by atoms with van der Waals surface area (Å²) in [6, 6.07) is 3.36. The van der Waals surface area contributed by atoms with Crippen molar-refractivity contribution in [2.75, 3.05) is 5.73 Å². The molecule has 9 heteroatoms. The first-order chi connectivity index (χ1) is 8.24. The van der Waals surface area contributed by atoms with Crippen molar-refractivity contribution in [3.05, 3.63) is 24.3 Å². The van der Waals surface area contributed by atoms with E-state index in [1.54, 1.807) is 0 Å². The number of hydrogen-bond acceptors (Lipinski definition) is 5. The SMILES string of the molecule is NC(=O)C(NS(=O)(=O)c1ccc(N)cc1)C(N)=O. The molecule has 0 fully saturated rings. The van der Waals surface area contributed by atoms with Crippen molar-refractivity contribution in [1.29, 1.82) is 0 Å². The highest BCUT2D eigenvalue weighted by molar-refractivity contribution is 7.89. The lowest BCUT2D eigenvalue weighted by Gasteiger charge is -2.12. The van der Waals surface area contributed by atoms with E-state index in [0.29, 0.717) is 5.69 Å². The van der Waals surface area contributed by atoms with Crippen molar-refractivity contribution in [2.24, 2.45) is 11.5 Å². The van der Waals surface area contributed by atoms with Gasteiger partial charge in [0, 0.05) is 5.69 Å². The average molecular weight is 272 g/mol. The monoisotopic (exact) mass is 272 g/mol. The zero-order valence-electron chi connectivity index (χ0n) is 9.16. The predicted octanol–water partition coefficient (Wildman–Crippen LogP) is -2.11. The van der Waals surface area contributed by atoms with E-state index in [1.165, 1.54) is 24.3 Å². The Morgan fingerprint density at radius 1 is 1.06 bits per heavy atom. The van der Waals surface area contributed by atoms with Gasteiger partial charge in [-0.3, -0.25) is 9.59 Å². The van der Waals surface area contributed by atoms with Crippen LogP contribution in [0.25, 0.3) is 0 Å². The van der Waals surface area contributed by atoms with E-state index in [2.05, 4.69) is 0 Å². The summed E-state index contributed by atoms with van der Waals surface area (Å²) in [7, 11) is -4.07. The number of carbonyl (C=O) groups is 2. The van der Waals surface area contributed by atoms with Crippen LogP contribution in [0.3, 0.4) is 0 Å². The van der Waals surface area contributed by atoms with Crippen LogP contribution in [-0.2, 0) is 19.6 Å². The lowest BCUT2D eigenvalue weighted by molar-refractivity contribution is -0.128. The van der Waals surface area contributed by atoms with Gasteiger partial charge in [-0.25, -0.2) is 8.42 Å². The second-order valence-electron chi connectivity index (χ2n) is 3.43. The first kappa shape index (κ1) is 13.9. The Morgan fingerprint density at radius 2 is 1.50 bits per heavy atom. The number of primary amides is 2. The number of rotatable bonds is 5. The Bertz CT molecular complexity index is 553. The van der Waals surface area contributed by atoms with Crippen LogP contribution in [0.4, 0.5) is 5.69 Å². The van der Waals surface area contributed by atoms with Crippen LogP contribution in [0.1, 0.15) is 0 Å². The van der Waals surface area contributed by atoms with Crippen LogP contribution in [0.15, 0.2) is 29.2 Å². The summed E-state index contributed by atoms with van der Waals surface area (Å²) in [5, 5.41) is 0. The van der Waals surface area contributed by atoms with Crippen LogP contribution in [0.2, 0.25) is 0 Å². The van der Waals surface area contributed by atoms with Crippen molar-refractivity contribution >= 4 is 27.5 Å². The molecule has 2 amide bonds. The quantitative estimate of drug-likeness (QED) is 0.356. The number of nitrogen functional groups attached to an aromatic ring is 1. The van der Waals surface area contributed by atoms with E-state index < -0.39 is 27.9 Å². The molecule has 0 spiro atoms. The van der Waals surface area contributed by atoms with Crippen LogP contribution in [0, 0.1) is 0 Å². The van der Waals surface area contributed by atoms with E-state index in [-0.39, 0.29) is 4.90 Å². The molecule has 8 nitrogen and oxygen atoms in total. The van der Waals surface area contributed by atoms with Gasteiger partial charge in [-0.05, 0) is 24.3 Å². The molecule has 0 radical (unpaired) electrons. The van der Waals surface area contributed by atoms with Crippen molar-refractivity contribution < 1.29 is 18.0 Å². The molecule has 0 heterocycles. The molecule has 1 aromatic rings. The van der Waals surface area contributed by atoms with Crippen LogP contribution < -0.4 is 21.9 Å². The minimum Gasteiger partial charge on any atom is -0.399 e. The first-order valence-electron chi connectivity index (χ1n) is 4.70. The van der Waals surface area contributed by atoms with Gasteiger partial charge in [0.1, 0.15) is 0 Å². The van der Waals surface area contributed by atoms with Crippen LogP contribution >= 0.6 is 0 Å². The highest BCUT2D eigenvalue weighted by Crippen LogP contribution is 2.11. The third kappa shape index (κ3) is 3.18. The van der Waals surface area contributed by atoms with Crippen LogP contribution in [0.5, 0.6) is 0 Å². The second-order valence-corrected chi connectivity index (χ2v) is 5.14. The maximum Gasteiger partial charge on any atom is 0.245 e. The smallest absolute Gasteiger partial charge is 0.245 e. The van der Waals surface area contributed by atoms with Gasteiger partial charge < -0.3 is 17.2 Å². The molecular formula is C9H12N4O4S. The van der Waals surface area contributed by atoms with Gasteiger partial charge in [-0.1, -0.05) is 0 Å². The Balaban J connectivity index is 3.04. The van der Waals surface area contributed by atoms with Gasteiger partial charge in [-0.2, -0.15) is 4.72 Å². The highest BCUT2D eigenvalue weighted by atomic mass is 32.2. The first-order valence-corrected chi connectivity index (χ1v) is 6.19. The predicted molar refractivity (Wildman–Crippen MR) is 63.4 cm³/mol. The fourth-order valence-electron chi connectivity index (χ4n) is 1.13. The summed E-state index contributed by atoms with van der Waals surface area (Å²) in [5.74, 6) is -2.36. The maximum atomic E-state index is 11.8. The molecule has 0 aliphatic heterocycles. The summed E-state index contributed by atoms with van der Waals surface area (Å²) in [6.07, 6.45) is 0. The van der Waals surface area contributed by atoms with E-state index in [9.17, 15) is 18.0 Å². The fourth-order valence-corrected chi connectivity index (χ4v) is 2.30. The highest BCUT2D eigenvalue weighted by Gasteiger charge is 2.28. The number of benzene rings is 1. The second kappa shape index (κ2) is 5.02. The molecule has 0 atom stereocenters. The minimum atomic E-state index is -4.07. The maximum absolute atomic E-state index is 11.8. The number of hydrogen-bond donors (Lipinski definition) is 4. The van der Waals surface area contributed by atoms with Crippen molar-refractivity contribution in [3.8, 4) is 0 Å². The normalized spacial score (nSPS) is 11.4. The average Bonchev–Trinajstić information content (AvgIpc) is 2.26. The van der Waals surface area contributed by atoms with Crippen molar-refractivity contribution in [3.63, 3.8) is 0 Å². The zero-order chi connectivity index (χ0) is 13.9. The molecule has 98 valence electrons. The molecule has 0 aliphatic rings. The Kier molecular flexibility index (Phi) is 3.89. The fraction of sp³-hybridized carbons (Fsp3) is 0.111. The van der Waals surface area contributed by atoms with E-state index >= 15 is 0 Å². The lowest BCUT2D eigenvalue weighted by Crippen LogP contribution is -2.52. The Hall–Kier alpha value is -2.13. The van der Waals surface area contributed by atoms with Crippen molar-refractivity contribution in [1.82, 2.24) is 4.72 Å². The van der Waals surface area contributed by atoms with Gasteiger partial charge in [-0.15, -0.1) is 0 Å². The molecule has 1 rings (SSSR count). The van der Waals surface area contributed by atoms with Gasteiger partial charge in [0.2, 0.25) is 21.8 Å². The number of anilines is 1. The van der Waals surface area contributed by atoms with Crippen molar-refractivity contribution in [2.45, 2.75) is 10.9 Å². The molecule has 0 aliphatic carbocycles. The largest absolute Gasteiger partial charge is 0.399 e. The molecule has 0 saturated carbocycles. The molecule has 18 heavy (non-hydrogen) atoms. The topological polar surface area (TPSA) is 158 Å². The Morgan fingerprint density at radius 3 is 1.89 bits per heavy atom. The minimum absolute atomic E-state index is 0.163. The number of sulfonamides is 1. The van der Waals surface area contributed by atoms with Gasteiger partial charge in [0.15, 0.2) is 6.04 Å². The molecule has 0 unspecified atom stereocenters. The summed E-state index contributed by atoms with van der Waals surface area (Å²) >= 11 is 0. The number of carbonyl (C=O) groups excluding carboxylic acids is 2. The van der Waals surface area contributed by atoms with E-state index in [0.717, 1.165) is 0 Å². The lowest BCUT2D eigenvalue weighted by atomic mass is 10.3. The standard InChI is InChI=1S/C9H12N4O4S/c10-5-1-3-6(4-2-5)18(16,17)13-7(8(11)14)9(12)15/h1-4,7,13H,10H2,(H2,11,14)(H2,12,15). The third-order valence-electron chi connectivity index (χ3n) is 2.03. The number of amides is 2. The van der Waals surface area contributed by atoms with Gasteiger partial charge in [0.25, 0.3) is 0 Å². The summed E-state index contributed by atoms with van der Waals surface area (Å²) < 4.78 is 25.4. The van der Waals surface area contributed by atoms with Gasteiger partial charge in [0.05, 0.1) is 4.90 Å². The molecule has 1 aromatic carbocycles. The number of nitrogens with one attached hydrogen (secondary N) is 1. The summed E-state index contributed by atoms with van der Waals surface area (Å²) in [6.45, 7) is 0. The molecule has 0 aromatic heterocycles. The third-order valence-corrected chi connectivity index (χ3v) is 3.47. The number of nitrogens with two attached hydrogens (primary N) is 3.